The van der Waals surface area contributed by atoms with E-state index in [0.717, 1.165) is 22.2 Å². The molecular formula is C21H17Cl2N3O2. The highest BCUT2D eigenvalue weighted by molar-refractivity contribution is 6.31. The van der Waals surface area contributed by atoms with Crippen molar-refractivity contribution in [3.63, 3.8) is 0 Å². The van der Waals surface area contributed by atoms with Crippen molar-refractivity contribution in [1.29, 1.82) is 0 Å². The van der Waals surface area contributed by atoms with Gasteiger partial charge >= 0.3 is 0 Å². The van der Waals surface area contributed by atoms with Gasteiger partial charge in [0.1, 0.15) is 16.4 Å². The van der Waals surface area contributed by atoms with Gasteiger partial charge in [0, 0.05) is 29.3 Å². The zero-order valence-corrected chi connectivity index (χ0v) is 16.8. The summed E-state index contributed by atoms with van der Waals surface area (Å²) in [5.74, 6) is 0.495. The Labute approximate surface area is 172 Å². The third-order valence-corrected chi connectivity index (χ3v) is 5.33. The molecule has 2 aromatic carbocycles. The summed E-state index contributed by atoms with van der Waals surface area (Å²) in [6, 6.07) is 14.7. The van der Waals surface area contributed by atoms with E-state index in [4.69, 9.17) is 27.9 Å². The SMILES string of the molecule is COc1cccc2cc(C3CC(c4ccc(Cl)cc4)=NN3C(C)=O)c(Cl)nc12. The summed E-state index contributed by atoms with van der Waals surface area (Å²) in [5.41, 5.74) is 3.17. The molecule has 1 atom stereocenters. The Morgan fingerprint density at radius 1 is 1.18 bits per heavy atom. The maximum absolute atomic E-state index is 12.3. The lowest BCUT2D eigenvalue weighted by Gasteiger charge is -2.21. The minimum atomic E-state index is -0.321. The van der Waals surface area contributed by atoms with Crippen molar-refractivity contribution in [2.24, 2.45) is 5.10 Å². The van der Waals surface area contributed by atoms with Gasteiger partial charge < -0.3 is 4.74 Å². The van der Waals surface area contributed by atoms with E-state index in [1.54, 1.807) is 7.11 Å². The Morgan fingerprint density at radius 3 is 2.61 bits per heavy atom. The summed E-state index contributed by atoms with van der Waals surface area (Å²) >= 11 is 12.5. The van der Waals surface area contributed by atoms with E-state index in [1.807, 2.05) is 48.5 Å². The molecule has 0 fully saturated rings. The number of benzene rings is 2. The van der Waals surface area contributed by atoms with Gasteiger partial charge in [0.15, 0.2) is 0 Å². The fraction of sp³-hybridized carbons (Fsp3) is 0.190. The predicted molar refractivity (Wildman–Crippen MR) is 111 cm³/mol. The van der Waals surface area contributed by atoms with E-state index in [9.17, 15) is 4.79 Å². The van der Waals surface area contributed by atoms with Crippen molar-refractivity contribution in [1.82, 2.24) is 9.99 Å². The van der Waals surface area contributed by atoms with Crippen LogP contribution >= 0.6 is 23.2 Å². The number of methoxy groups -OCH3 is 1. The summed E-state index contributed by atoms with van der Waals surface area (Å²) < 4.78 is 5.37. The number of amides is 1. The maximum atomic E-state index is 12.3. The third kappa shape index (κ3) is 3.32. The van der Waals surface area contributed by atoms with E-state index >= 15 is 0 Å². The lowest BCUT2D eigenvalue weighted by molar-refractivity contribution is -0.130. The van der Waals surface area contributed by atoms with Crippen molar-refractivity contribution < 1.29 is 9.53 Å². The molecule has 28 heavy (non-hydrogen) atoms. The molecule has 0 radical (unpaired) electrons. The van der Waals surface area contributed by atoms with E-state index in [-0.39, 0.29) is 11.9 Å². The smallest absolute Gasteiger partial charge is 0.240 e. The minimum absolute atomic E-state index is 0.157. The number of hydrogen-bond acceptors (Lipinski definition) is 4. The Balaban J connectivity index is 1.77. The van der Waals surface area contributed by atoms with E-state index < -0.39 is 0 Å². The molecule has 0 N–H and O–H groups in total. The normalized spacial score (nSPS) is 16.4. The Kier molecular flexibility index (Phi) is 4.96. The second kappa shape index (κ2) is 7.41. The summed E-state index contributed by atoms with van der Waals surface area (Å²) in [7, 11) is 1.60. The summed E-state index contributed by atoms with van der Waals surface area (Å²) in [6.07, 6.45) is 0.540. The van der Waals surface area contributed by atoms with Gasteiger partial charge in [-0.15, -0.1) is 0 Å². The quantitative estimate of drug-likeness (QED) is 0.551. The van der Waals surface area contributed by atoms with Crippen molar-refractivity contribution in [3.05, 3.63) is 69.8 Å². The van der Waals surface area contributed by atoms with Gasteiger partial charge in [0.2, 0.25) is 5.91 Å². The molecular weight excluding hydrogens is 397 g/mol. The molecule has 142 valence electrons. The number of ether oxygens (including phenoxy) is 1. The zero-order valence-electron chi connectivity index (χ0n) is 15.3. The van der Waals surface area contributed by atoms with E-state index in [2.05, 4.69) is 10.1 Å². The van der Waals surface area contributed by atoms with Crippen molar-refractivity contribution in [2.45, 2.75) is 19.4 Å². The second-order valence-corrected chi connectivity index (χ2v) is 7.33. The van der Waals surface area contributed by atoms with Crippen LogP contribution < -0.4 is 4.74 Å². The molecule has 3 aromatic rings. The van der Waals surface area contributed by atoms with Gasteiger partial charge in [-0.05, 0) is 29.8 Å². The van der Waals surface area contributed by atoms with Crippen LogP contribution in [0.2, 0.25) is 10.2 Å². The molecule has 0 bridgehead atoms. The minimum Gasteiger partial charge on any atom is -0.494 e. The molecule has 1 aromatic heterocycles. The maximum Gasteiger partial charge on any atom is 0.240 e. The number of halogens is 2. The average Bonchev–Trinajstić information content (AvgIpc) is 3.13. The summed E-state index contributed by atoms with van der Waals surface area (Å²) in [5, 5.41) is 7.89. The first-order valence-corrected chi connectivity index (χ1v) is 9.50. The number of fused-ring (bicyclic) bond motifs is 1. The van der Waals surface area contributed by atoms with Crippen molar-refractivity contribution >= 4 is 45.7 Å². The number of carbonyl (C=O) groups is 1. The lowest BCUT2D eigenvalue weighted by Crippen LogP contribution is -2.24. The Hall–Kier alpha value is -2.63. The van der Waals surface area contributed by atoms with E-state index in [0.29, 0.717) is 27.9 Å². The van der Waals surface area contributed by atoms with Crippen molar-refractivity contribution in [3.8, 4) is 5.75 Å². The molecule has 0 saturated heterocycles. The highest BCUT2D eigenvalue weighted by Gasteiger charge is 2.33. The van der Waals surface area contributed by atoms with Crippen LogP contribution in [0.25, 0.3) is 10.9 Å². The number of nitrogens with zero attached hydrogens (tertiary/aromatic N) is 3. The first kappa shape index (κ1) is 18.7. The number of hydrazone groups is 1. The summed E-state index contributed by atoms with van der Waals surface area (Å²) in [4.78, 5) is 16.8. The van der Waals surface area contributed by atoms with Gasteiger partial charge in [-0.3, -0.25) is 4.79 Å². The fourth-order valence-electron chi connectivity index (χ4n) is 3.42. The molecule has 1 aliphatic rings. The number of aromatic nitrogens is 1. The Morgan fingerprint density at radius 2 is 1.93 bits per heavy atom. The number of pyridine rings is 1. The lowest BCUT2D eigenvalue weighted by atomic mass is 9.98. The first-order chi connectivity index (χ1) is 13.5. The predicted octanol–water partition coefficient (Wildman–Crippen LogP) is 5.25. The second-order valence-electron chi connectivity index (χ2n) is 6.54. The number of carbonyl (C=O) groups excluding carboxylic acids is 1. The standard InChI is InChI=1S/C21H17Cl2N3O2/c1-12(27)26-18(11-17(25-26)13-6-8-15(22)9-7-13)16-10-14-4-3-5-19(28-2)20(14)24-21(16)23/h3-10,18H,11H2,1-2H3. The van der Waals surface area contributed by atoms with Gasteiger partial charge in [0.25, 0.3) is 0 Å². The summed E-state index contributed by atoms with van der Waals surface area (Å²) in [6.45, 7) is 1.49. The highest BCUT2D eigenvalue weighted by Crippen LogP contribution is 2.38. The third-order valence-electron chi connectivity index (χ3n) is 4.78. The van der Waals surface area contributed by atoms with E-state index in [1.165, 1.54) is 11.9 Å². The Bertz CT molecular complexity index is 1100. The fourth-order valence-corrected chi connectivity index (χ4v) is 3.81. The van der Waals surface area contributed by atoms with Crippen LogP contribution in [0.15, 0.2) is 53.6 Å². The molecule has 5 nitrogen and oxygen atoms in total. The largest absolute Gasteiger partial charge is 0.494 e. The van der Waals surface area contributed by atoms with Crippen LogP contribution in [-0.2, 0) is 4.79 Å². The highest BCUT2D eigenvalue weighted by atomic mass is 35.5. The van der Waals surface area contributed by atoms with Crippen LogP contribution in [0, 0.1) is 0 Å². The molecule has 0 aliphatic carbocycles. The number of para-hydroxylation sites is 1. The van der Waals surface area contributed by atoms with Crippen LogP contribution in [0.1, 0.15) is 30.5 Å². The molecule has 7 heteroatoms. The average molecular weight is 414 g/mol. The molecule has 4 rings (SSSR count). The number of hydrogen-bond donors (Lipinski definition) is 0. The van der Waals surface area contributed by atoms with Gasteiger partial charge in [-0.25, -0.2) is 9.99 Å². The van der Waals surface area contributed by atoms with Gasteiger partial charge in [-0.1, -0.05) is 47.5 Å². The van der Waals surface area contributed by atoms with Crippen LogP contribution in [0.5, 0.6) is 5.75 Å². The topological polar surface area (TPSA) is 54.8 Å². The molecule has 2 heterocycles. The molecule has 0 spiro atoms. The molecule has 1 aliphatic heterocycles. The molecule has 0 saturated carbocycles. The van der Waals surface area contributed by atoms with Crippen molar-refractivity contribution in [2.75, 3.05) is 7.11 Å². The molecule has 1 amide bonds. The first-order valence-electron chi connectivity index (χ1n) is 8.74. The van der Waals surface area contributed by atoms with Gasteiger partial charge in [0.05, 0.1) is 18.9 Å². The van der Waals surface area contributed by atoms with Crippen LogP contribution in [0.3, 0.4) is 0 Å². The van der Waals surface area contributed by atoms with Gasteiger partial charge in [-0.2, -0.15) is 5.10 Å². The van der Waals surface area contributed by atoms with Crippen LogP contribution in [0.4, 0.5) is 0 Å². The molecule has 1 unspecified atom stereocenters. The number of rotatable bonds is 3. The van der Waals surface area contributed by atoms with Crippen LogP contribution in [-0.4, -0.2) is 28.7 Å². The zero-order chi connectivity index (χ0) is 19.8. The monoisotopic (exact) mass is 413 g/mol.